The molecule has 2 rings (SSSR count). The topological polar surface area (TPSA) is 51.2 Å². The summed E-state index contributed by atoms with van der Waals surface area (Å²) in [4.78, 5) is 15.4. The highest BCUT2D eigenvalue weighted by atomic mass is 32.1. The second kappa shape index (κ2) is 5.30. The van der Waals surface area contributed by atoms with Gasteiger partial charge in [0.15, 0.2) is 5.13 Å². The lowest BCUT2D eigenvalue weighted by Gasteiger charge is -2.25. The molecule has 1 aliphatic rings. The summed E-state index contributed by atoms with van der Waals surface area (Å²) in [5, 5.41) is 6.37. The van der Waals surface area contributed by atoms with Crippen molar-refractivity contribution >= 4 is 22.4 Å². The van der Waals surface area contributed by atoms with Crippen molar-refractivity contribution in [1.82, 2.24) is 4.98 Å². The van der Waals surface area contributed by atoms with Crippen molar-refractivity contribution in [1.29, 1.82) is 0 Å². The Morgan fingerprint density at radius 2 is 2.50 bits per heavy atom. The fourth-order valence-corrected chi connectivity index (χ4v) is 2.37. The predicted octanol–water partition coefficient (Wildman–Crippen LogP) is 2.21. The van der Waals surface area contributed by atoms with Crippen LogP contribution in [0.2, 0.25) is 0 Å². The molecule has 0 aromatic carbocycles. The molecule has 88 valence electrons. The van der Waals surface area contributed by atoms with Crippen LogP contribution in [0.1, 0.15) is 31.4 Å². The van der Waals surface area contributed by atoms with Crippen molar-refractivity contribution in [2.45, 2.75) is 38.1 Å². The van der Waals surface area contributed by atoms with Gasteiger partial charge in [-0.15, -0.1) is 11.3 Å². The number of methoxy groups -OCH3 is 1. The van der Waals surface area contributed by atoms with Gasteiger partial charge in [-0.3, -0.25) is 4.79 Å². The van der Waals surface area contributed by atoms with Crippen LogP contribution in [0.15, 0.2) is 5.38 Å². The molecule has 1 N–H and O–H groups in total. The maximum Gasteiger partial charge on any atom is 0.305 e. The molecule has 0 amide bonds. The van der Waals surface area contributed by atoms with Crippen LogP contribution in [0.3, 0.4) is 0 Å². The molecular formula is C11H16N2O2S. The number of rotatable bonds is 5. The Bertz CT molecular complexity index is 361. The van der Waals surface area contributed by atoms with Gasteiger partial charge >= 0.3 is 5.97 Å². The van der Waals surface area contributed by atoms with Crippen LogP contribution >= 0.6 is 11.3 Å². The molecule has 1 aromatic heterocycles. The van der Waals surface area contributed by atoms with Crippen molar-refractivity contribution in [2.24, 2.45) is 0 Å². The number of aryl methyl sites for hydroxylation is 1. The van der Waals surface area contributed by atoms with Crippen LogP contribution in [0.4, 0.5) is 5.13 Å². The average molecular weight is 240 g/mol. The Morgan fingerprint density at radius 3 is 3.12 bits per heavy atom. The second-order valence-electron chi connectivity index (χ2n) is 3.99. The minimum atomic E-state index is -0.179. The van der Waals surface area contributed by atoms with Gasteiger partial charge in [0.25, 0.3) is 0 Å². The minimum Gasteiger partial charge on any atom is -0.469 e. The zero-order valence-corrected chi connectivity index (χ0v) is 10.2. The molecular weight excluding hydrogens is 224 g/mol. The Labute approximate surface area is 99.0 Å². The smallest absolute Gasteiger partial charge is 0.305 e. The van der Waals surface area contributed by atoms with E-state index in [-0.39, 0.29) is 5.97 Å². The summed E-state index contributed by atoms with van der Waals surface area (Å²) < 4.78 is 4.59. The number of hydrogen-bond acceptors (Lipinski definition) is 5. The quantitative estimate of drug-likeness (QED) is 0.802. The van der Waals surface area contributed by atoms with Crippen molar-refractivity contribution in [3.8, 4) is 0 Å². The van der Waals surface area contributed by atoms with Crippen molar-refractivity contribution < 1.29 is 9.53 Å². The third kappa shape index (κ3) is 2.95. The number of thiazole rings is 1. The Hall–Kier alpha value is -1.10. The number of carbonyl (C=O) groups is 1. The lowest BCUT2D eigenvalue weighted by atomic mass is 9.93. The van der Waals surface area contributed by atoms with E-state index in [0.717, 1.165) is 10.8 Å². The summed E-state index contributed by atoms with van der Waals surface area (Å²) in [6.07, 6.45) is 4.88. The van der Waals surface area contributed by atoms with Gasteiger partial charge in [-0.25, -0.2) is 4.98 Å². The first-order chi connectivity index (χ1) is 7.78. The van der Waals surface area contributed by atoms with Crippen molar-refractivity contribution in [2.75, 3.05) is 12.4 Å². The van der Waals surface area contributed by atoms with E-state index in [1.165, 1.54) is 26.4 Å². The third-order valence-corrected chi connectivity index (χ3v) is 3.62. The molecule has 0 radical (unpaired) electrons. The van der Waals surface area contributed by atoms with E-state index in [9.17, 15) is 4.79 Å². The van der Waals surface area contributed by atoms with Gasteiger partial charge in [-0.2, -0.15) is 0 Å². The van der Waals surface area contributed by atoms with Crippen molar-refractivity contribution in [3.63, 3.8) is 0 Å². The lowest BCUT2D eigenvalue weighted by Crippen LogP contribution is -2.26. The van der Waals surface area contributed by atoms with Crippen LogP contribution in [0.25, 0.3) is 0 Å². The van der Waals surface area contributed by atoms with Crippen LogP contribution in [0.5, 0.6) is 0 Å². The van der Waals surface area contributed by atoms with E-state index in [2.05, 4.69) is 15.0 Å². The normalized spacial score (nSPS) is 15.6. The number of esters is 1. The molecule has 1 heterocycles. The second-order valence-corrected chi connectivity index (χ2v) is 4.85. The molecule has 1 aromatic rings. The standard InChI is InChI=1S/C11H16N2O2S/c1-15-10(14)6-5-9-7-16-11(13-9)12-8-3-2-4-8/h7-8H,2-6H2,1H3,(H,12,13). The molecule has 0 spiro atoms. The minimum absolute atomic E-state index is 0.179. The number of carbonyl (C=O) groups excluding carboxylic acids is 1. The molecule has 5 heteroatoms. The molecule has 0 bridgehead atoms. The zero-order chi connectivity index (χ0) is 11.4. The third-order valence-electron chi connectivity index (χ3n) is 2.80. The predicted molar refractivity (Wildman–Crippen MR) is 63.7 cm³/mol. The number of anilines is 1. The Balaban J connectivity index is 1.79. The monoisotopic (exact) mass is 240 g/mol. The van der Waals surface area contributed by atoms with Crippen LogP contribution in [-0.4, -0.2) is 24.1 Å². The molecule has 1 aliphatic carbocycles. The summed E-state index contributed by atoms with van der Waals surface area (Å²) in [5.74, 6) is -0.179. The van der Waals surface area contributed by atoms with E-state index in [1.54, 1.807) is 11.3 Å². The zero-order valence-electron chi connectivity index (χ0n) is 9.36. The Morgan fingerprint density at radius 1 is 1.69 bits per heavy atom. The first-order valence-electron chi connectivity index (χ1n) is 5.55. The first-order valence-corrected chi connectivity index (χ1v) is 6.43. The van der Waals surface area contributed by atoms with E-state index < -0.39 is 0 Å². The molecule has 0 unspecified atom stereocenters. The average Bonchev–Trinajstić information content (AvgIpc) is 2.68. The maximum atomic E-state index is 11.0. The highest BCUT2D eigenvalue weighted by Gasteiger charge is 2.18. The number of ether oxygens (including phenoxy) is 1. The Kier molecular flexibility index (Phi) is 3.77. The van der Waals surface area contributed by atoms with Gasteiger partial charge in [0.1, 0.15) is 0 Å². The fourth-order valence-electron chi connectivity index (χ4n) is 1.55. The van der Waals surface area contributed by atoms with Crippen LogP contribution < -0.4 is 5.32 Å². The van der Waals surface area contributed by atoms with Gasteiger partial charge in [0, 0.05) is 17.8 Å². The molecule has 0 aliphatic heterocycles. The van der Waals surface area contributed by atoms with E-state index in [1.807, 2.05) is 5.38 Å². The molecule has 0 atom stereocenters. The molecule has 1 fully saturated rings. The number of nitrogens with one attached hydrogen (secondary N) is 1. The molecule has 0 saturated heterocycles. The number of aromatic nitrogens is 1. The van der Waals surface area contributed by atoms with Gasteiger partial charge < -0.3 is 10.1 Å². The largest absolute Gasteiger partial charge is 0.469 e. The molecule has 4 nitrogen and oxygen atoms in total. The summed E-state index contributed by atoms with van der Waals surface area (Å²) in [6.45, 7) is 0. The molecule has 16 heavy (non-hydrogen) atoms. The van der Waals surface area contributed by atoms with Crippen LogP contribution in [-0.2, 0) is 16.0 Å². The van der Waals surface area contributed by atoms with E-state index in [0.29, 0.717) is 18.9 Å². The number of nitrogens with zero attached hydrogens (tertiary/aromatic N) is 1. The van der Waals surface area contributed by atoms with E-state index in [4.69, 9.17) is 0 Å². The number of hydrogen-bond donors (Lipinski definition) is 1. The maximum absolute atomic E-state index is 11.0. The highest BCUT2D eigenvalue weighted by molar-refractivity contribution is 7.13. The first kappa shape index (κ1) is 11.4. The summed E-state index contributed by atoms with van der Waals surface area (Å²) in [5.41, 5.74) is 0.970. The van der Waals surface area contributed by atoms with Crippen molar-refractivity contribution in [3.05, 3.63) is 11.1 Å². The summed E-state index contributed by atoms with van der Waals surface area (Å²) in [6, 6.07) is 0.611. The van der Waals surface area contributed by atoms with Gasteiger partial charge in [0.2, 0.25) is 0 Å². The van der Waals surface area contributed by atoms with Crippen LogP contribution in [0, 0.1) is 0 Å². The highest BCUT2D eigenvalue weighted by Crippen LogP contribution is 2.25. The van der Waals surface area contributed by atoms with Gasteiger partial charge in [0.05, 0.1) is 19.2 Å². The lowest BCUT2D eigenvalue weighted by molar-refractivity contribution is -0.140. The van der Waals surface area contributed by atoms with E-state index >= 15 is 0 Å². The van der Waals surface area contributed by atoms with Gasteiger partial charge in [-0.05, 0) is 19.3 Å². The fraction of sp³-hybridized carbons (Fsp3) is 0.636. The molecule has 1 saturated carbocycles. The SMILES string of the molecule is COC(=O)CCc1csc(NC2CCC2)n1. The summed E-state index contributed by atoms with van der Waals surface area (Å²) in [7, 11) is 1.41. The van der Waals surface area contributed by atoms with Gasteiger partial charge in [-0.1, -0.05) is 0 Å². The summed E-state index contributed by atoms with van der Waals surface area (Å²) >= 11 is 1.61.